The average molecular weight is 150 g/mol. The maximum atomic E-state index is 2.00. The van der Waals surface area contributed by atoms with Gasteiger partial charge in [-0.15, -0.1) is 0 Å². The van der Waals surface area contributed by atoms with Crippen LogP contribution in [0.3, 0.4) is 0 Å². The SMILES string of the molecule is CN(C)C.[Zr+4]. The summed E-state index contributed by atoms with van der Waals surface area (Å²) in [7, 11) is 6.00. The van der Waals surface area contributed by atoms with E-state index in [-0.39, 0.29) is 26.2 Å². The first-order chi connectivity index (χ1) is 1.73. The van der Waals surface area contributed by atoms with Gasteiger partial charge in [-0.25, -0.2) is 0 Å². The summed E-state index contributed by atoms with van der Waals surface area (Å²) >= 11 is 0. The molecule has 0 saturated heterocycles. The summed E-state index contributed by atoms with van der Waals surface area (Å²) in [6.45, 7) is 0. The van der Waals surface area contributed by atoms with Crippen molar-refractivity contribution in [2.75, 3.05) is 21.1 Å². The van der Waals surface area contributed by atoms with E-state index in [1.54, 1.807) is 0 Å². The van der Waals surface area contributed by atoms with Gasteiger partial charge >= 0.3 is 26.2 Å². The third-order valence-corrected chi connectivity index (χ3v) is 0. The zero-order valence-corrected chi connectivity index (χ0v) is 6.41. The van der Waals surface area contributed by atoms with Gasteiger partial charge in [0.25, 0.3) is 0 Å². The fourth-order valence-electron chi connectivity index (χ4n) is 0. The minimum absolute atomic E-state index is 0. The van der Waals surface area contributed by atoms with Crippen LogP contribution in [0.25, 0.3) is 0 Å². The molecule has 0 aromatic heterocycles. The molecule has 0 fully saturated rings. The molecule has 0 spiro atoms. The first-order valence-electron chi connectivity index (χ1n) is 1.34. The Hall–Kier alpha value is 0.843. The first-order valence-corrected chi connectivity index (χ1v) is 1.34. The number of nitrogens with zero attached hydrogens (tertiary/aromatic N) is 1. The molecule has 0 aromatic carbocycles. The van der Waals surface area contributed by atoms with Gasteiger partial charge in [-0.3, -0.25) is 0 Å². The van der Waals surface area contributed by atoms with Gasteiger partial charge in [0.15, 0.2) is 0 Å². The fraction of sp³-hybridized carbons (Fsp3) is 1.00. The van der Waals surface area contributed by atoms with Crippen molar-refractivity contribution in [1.82, 2.24) is 4.90 Å². The third kappa shape index (κ3) is 55.1. The van der Waals surface area contributed by atoms with Crippen molar-refractivity contribution in [1.29, 1.82) is 0 Å². The summed E-state index contributed by atoms with van der Waals surface area (Å²) < 4.78 is 0. The van der Waals surface area contributed by atoms with Crippen molar-refractivity contribution >= 4 is 0 Å². The van der Waals surface area contributed by atoms with Crippen LogP contribution in [0, 0.1) is 0 Å². The summed E-state index contributed by atoms with van der Waals surface area (Å²) in [5.74, 6) is 0. The van der Waals surface area contributed by atoms with Crippen LogP contribution < -0.4 is 0 Å². The van der Waals surface area contributed by atoms with Crippen molar-refractivity contribution in [2.24, 2.45) is 0 Å². The molecular formula is C3H9NZr+4. The normalized spacial score (nSPS) is 7.20. The topological polar surface area (TPSA) is 3.24 Å². The molecule has 0 N–H and O–H groups in total. The van der Waals surface area contributed by atoms with Crippen molar-refractivity contribution in [3.63, 3.8) is 0 Å². The maximum absolute atomic E-state index is 2.00. The second kappa shape index (κ2) is 4.84. The van der Waals surface area contributed by atoms with Crippen molar-refractivity contribution in [3.05, 3.63) is 0 Å². The standard InChI is InChI=1S/C3H9N.Zr/c1-4(2)3;/h1-3H3;/q;+4. The Labute approximate surface area is 52.5 Å². The Morgan fingerprint density at radius 3 is 1.00 bits per heavy atom. The predicted octanol–water partition coefficient (Wildman–Crippen LogP) is 0.175. The number of rotatable bonds is 0. The quantitative estimate of drug-likeness (QED) is 0.476. The molecule has 0 atom stereocenters. The Kier molecular flexibility index (Phi) is 8.99. The van der Waals surface area contributed by atoms with Crippen molar-refractivity contribution < 1.29 is 26.2 Å². The second-order valence-corrected chi connectivity index (χ2v) is 1.34. The van der Waals surface area contributed by atoms with Gasteiger partial charge in [-0.1, -0.05) is 0 Å². The molecule has 2 heteroatoms. The van der Waals surface area contributed by atoms with Gasteiger partial charge in [-0.05, 0) is 21.1 Å². The average Bonchev–Trinajstić information content (AvgIpc) is 0.811. The van der Waals surface area contributed by atoms with E-state index in [0.717, 1.165) is 0 Å². The number of hydrogen-bond acceptors (Lipinski definition) is 1. The molecule has 0 heterocycles. The zero-order chi connectivity index (χ0) is 3.58. The summed E-state index contributed by atoms with van der Waals surface area (Å²) in [5, 5.41) is 0. The molecule has 1 nitrogen and oxygen atoms in total. The maximum Gasteiger partial charge on any atom is 4.00 e. The summed E-state index contributed by atoms with van der Waals surface area (Å²) in [6, 6.07) is 0. The van der Waals surface area contributed by atoms with Gasteiger partial charge < -0.3 is 4.90 Å². The second-order valence-electron chi connectivity index (χ2n) is 1.34. The third-order valence-electron chi connectivity index (χ3n) is 0. The van der Waals surface area contributed by atoms with Crippen LogP contribution in [0.15, 0.2) is 0 Å². The molecule has 0 aliphatic heterocycles. The zero-order valence-electron chi connectivity index (χ0n) is 3.95. The minimum Gasteiger partial charge on any atom is -0.312 e. The molecule has 0 aliphatic rings. The summed E-state index contributed by atoms with van der Waals surface area (Å²) in [5.41, 5.74) is 0. The molecule has 26 valence electrons. The van der Waals surface area contributed by atoms with E-state index >= 15 is 0 Å². The van der Waals surface area contributed by atoms with Gasteiger partial charge in [0, 0.05) is 0 Å². The van der Waals surface area contributed by atoms with E-state index in [1.807, 2.05) is 26.0 Å². The van der Waals surface area contributed by atoms with Crippen LogP contribution in [0.5, 0.6) is 0 Å². The van der Waals surface area contributed by atoms with Gasteiger partial charge in [-0.2, -0.15) is 0 Å². The van der Waals surface area contributed by atoms with Gasteiger partial charge in [0.2, 0.25) is 0 Å². The van der Waals surface area contributed by atoms with Crippen molar-refractivity contribution in [2.45, 2.75) is 0 Å². The van der Waals surface area contributed by atoms with E-state index < -0.39 is 0 Å². The molecule has 0 rings (SSSR count). The molecule has 0 unspecified atom stereocenters. The Morgan fingerprint density at radius 1 is 1.00 bits per heavy atom. The molecular weight excluding hydrogens is 141 g/mol. The van der Waals surface area contributed by atoms with Crippen LogP contribution in [0.1, 0.15) is 0 Å². The predicted molar refractivity (Wildman–Crippen MR) is 19.6 cm³/mol. The van der Waals surface area contributed by atoms with Gasteiger partial charge in [0.1, 0.15) is 0 Å². The largest absolute Gasteiger partial charge is 4.00 e. The monoisotopic (exact) mass is 149 g/mol. The molecule has 0 radical (unpaired) electrons. The smallest absolute Gasteiger partial charge is 0.312 e. The summed E-state index contributed by atoms with van der Waals surface area (Å²) in [6.07, 6.45) is 0. The van der Waals surface area contributed by atoms with E-state index in [1.165, 1.54) is 0 Å². The fourth-order valence-corrected chi connectivity index (χ4v) is 0. The Bertz CT molecular complexity index is 11.6. The minimum atomic E-state index is 0. The molecule has 5 heavy (non-hydrogen) atoms. The van der Waals surface area contributed by atoms with Crippen LogP contribution >= 0.6 is 0 Å². The van der Waals surface area contributed by atoms with E-state index in [9.17, 15) is 0 Å². The van der Waals surface area contributed by atoms with Crippen LogP contribution in [0.2, 0.25) is 0 Å². The van der Waals surface area contributed by atoms with Gasteiger partial charge in [0.05, 0.1) is 0 Å². The van der Waals surface area contributed by atoms with Crippen LogP contribution in [-0.2, 0) is 26.2 Å². The molecule has 0 aromatic rings. The molecule has 0 aliphatic carbocycles. The van der Waals surface area contributed by atoms with E-state index in [4.69, 9.17) is 0 Å². The number of hydrogen-bond donors (Lipinski definition) is 0. The molecule has 0 saturated carbocycles. The van der Waals surface area contributed by atoms with Crippen LogP contribution in [0.4, 0.5) is 0 Å². The van der Waals surface area contributed by atoms with Crippen LogP contribution in [-0.4, -0.2) is 26.0 Å². The first kappa shape index (κ1) is 9.28. The van der Waals surface area contributed by atoms with Crippen molar-refractivity contribution in [3.8, 4) is 0 Å². The van der Waals surface area contributed by atoms with E-state index in [0.29, 0.717) is 0 Å². The summed E-state index contributed by atoms with van der Waals surface area (Å²) in [4.78, 5) is 2.00. The Morgan fingerprint density at radius 2 is 1.00 bits per heavy atom. The van der Waals surface area contributed by atoms with E-state index in [2.05, 4.69) is 0 Å². The molecule has 0 bridgehead atoms. The molecule has 0 amide bonds. The Balaban J connectivity index is 0.